The molecule has 2 aromatic carbocycles. The number of pyridine rings is 1. The van der Waals surface area contributed by atoms with Crippen molar-refractivity contribution >= 4 is 56.7 Å². The second-order valence-corrected chi connectivity index (χ2v) is 7.18. The fraction of sp³-hybridized carbons (Fsp3) is 0.0909. The van der Waals surface area contributed by atoms with E-state index < -0.39 is 5.97 Å². The van der Waals surface area contributed by atoms with Gasteiger partial charge in [-0.2, -0.15) is 0 Å². The van der Waals surface area contributed by atoms with Gasteiger partial charge in [0, 0.05) is 22.2 Å². The molecule has 0 saturated heterocycles. The van der Waals surface area contributed by atoms with Gasteiger partial charge in [-0.3, -0.25) is 9.59 Å². The standard InChI is InChI=1S/C22H18Cl2N2O3/c1-3-4-5-6-13(2)25-14-7-8-15-18(11-14)26(12-19(27)28)21-16(22(15)29)9-10-17(23)20(21)24/h3-11,25H,1,12H2,2H3,(H,27,28)/b5-4-,13-6+. The number of rotatable bonds is 6. The largest absolute Gasteiger partial charge is 0.480 e. The number of aliphatic carboxylic acids is 1. The molecule has 1 aromatic heterocycles. The van der Waals surface area contributed by atoms with Crippen LogP contribution in [0.25, 0.3) is 21.8 Å². The van der Waals surface area contributed by atoms with Gasteiger partial charge >= 0.3 is 5.97 Å². The van der Waals surface area contributed by atoms with Crippen LogP contribution in [0.15, 0.2) is 71.7 Å². The average Bonchev–Trinajstić information content (AvgIpc) is 2.67. The molecular weight excluding hydrogens is 411 g/mol. The first kappa shape index (κ1) is 20.7. The molecule has 5 nitrogen and oxygen atoms in total. The van der Waals surface area contributed by atoms with E-state index in [4.69, 9.17) is 23.2 Å². The number of hydrogen-bond donors (Lipinski definition) is 2. The van der Waals surface area contributed by atoms with Crippen molar-refractivity contribution < 1.29 is 9.90 Å². The van der Waals surface area contributed by atoms with Crippen molar-refractivity contribution in [3.8, 4) is 0 Å². The van der Waals surface area contributed by atoms with E-state index in [0.717, 1.165) is 5.70 Å². The van der Waals surface area contributed by atoms with Crippen LogP contribution in [0.1, 0.15) is 6.92 Å². The van der Waals surface area contributed by atoms with Gasteiger partial charge < -0.3 is 15.0 Å². The molecule has 0 aliphatic rings. The Kier molecular flexibility index (Phi) is 6.11. The maximum Gasteiger partial charge on any atom is 0.323 e. The summed E-state index contributed by atoms with van der Waals surface area (Å²) >= 11 is 12.5. The molecule has 29 heavy (non-hydrogen) atoms. The number of fused-ring (bicyclic) bond motifs is 2. The third-order valence-electron chi connectivity index (χ3n) is 4.35. The van der Waals surface area contributed by atoms with E-state index in [1.807, 2.05) is 19.1 Å². The lowest BCUT2D eigenvalue weighted by Crippen LogP contribution is -2.16. The van der Waals surface area contributed by atoms with E-state index in [1.165, 1.54) is 10.6 Å². The van der Waals surface area contributed by atoms with E-state index in [0.29, 0.717) is 27.5 Å². The molecule has 0 bridgehead atoms. The molecule has 1 heterocycles. The zero-order valence-corrected chi connectivity index (χ0v) is 17.1. The number of carboxylic acid groups (broad SMARTS) is 1. The van der Waals surface area contributed by atoms with Crippen LogP contribution in [0, 0.1) is 0 Å². The molecule has 0 atom stereocenters. The number of nitrogens with one attached hydrogen (secondary N) is 1. The van der Waals surface area contributed by atoms with Crippen molar-refractivity contribution in [2.45, 2.75) is 13.5 Å². The first-order valence-electron chi connectivity index (χ1n) is 8.72. The first-order chi connectivity index (χ1) is 13.8. The van der Waals surface area contributed by atoms with Crippen LogP contribution in [0.3, 0.4) is 0 Å². The summed E-state index contributed by atoms with van der Waals surface area (Å²) in [5.41, 5.74) is 2.08. The number of benzene rings is 2. The summed E-state index contributed by atoms with van der Waals surface area (Å²) in [7, 11) is 0. The Morgan fingerprint density at radius 2 is 1.93 bits per heavy atom. The summed E-state index contributed by atoms with van der Waals surface area (Å²) in [6.45, 7) is 5.14. The summed E-state index contributed by atoms with van der Waals surface area (Å²) in [4.78, 5) is 24.5. The summed E-state index contributed by atoms with van der Waals surface area (Å²) in [5, 5.41) is 13.8. The van der Waals surface area contributed by atoms with Crippen LogP contribution in [-0.2, 0) is 11.3 Å². The van der Waals surface area contributed by atoms with Crippen LogP contribution in [-0.4, -0.2) is 15.6 Å². The first-order valence-corrected chi connectivity index (χ1v) is 9.48. The van der Waals surface area contributed by atoms with Crippen molar-refractivity contribution in [1.29, 1.82) is 0 Å². The second-order valence-electron chi connectivity index (χ2n) is 6.39. The Bertz CT molecular complexity index is 1260. The molecule has 0 radical (unpaired) electrons. The molecule has 7 heteroatoms. The molecule has 0 aliphatic carbocycles. The molecule has 0 saturated carbocycles. The Morgan fingerprint density at radius 3 is 2.62 bits per heavy atom. The number of anilines is 1. The number of halogens is 2. The summed E-state index contributed by atoms with van der Waals surface area (Å²) in [5.74, 6) is -1.06. The molecule has 0 unspecified atom stereocenters. The predicted molar refractivity (Wildman–Crippen MR) is 120 cm³/mol. The number of aromatic nitrogens is 1. The number of allylic oxidation sites excluding steroid dienone is 5. The van der Waals surface area contributed by atoms with E-state index in [2.05, 4.69) is 11.9 Å². The van der Waals surface area contributed by atoms with Gasteiger partial charge in [0.15, 0.2) is 5.43 Å². The molecule has 148 valence electrons. The third-order valence-corrected chi connectivity index (χ3v) is 5.14. The highest BCUT2D eigenvalue weighted by Crippen LogP contribution is 2.32. The Labute approximate surface area is 177 Å². The van der Waals surface area contributed by atoms with Gasteiger partial charge in [-0.15, -0.1) is 0 Å². The fourth-order valence-corrected chi connectivity index (χ4v) is 3.54. The van der Waals surface area contributed by atoms with Crippen molar-refractivity contribution in [3.63, 3.8) is 0 Å². The molecule has 3 aromatic rings. The van der Waals surface area contributed by atoms with Crippen LogP contribution in [0.2, 0.25) is 10.0 Å². The van der Waals surface area contributed by atoms with Crippen LogP contribution < -0.4 is 10.7 Å². The lowest BCUT2D eigenvalue weighted by Gasteiger charge is -2.16. The Hall–Kier alpha value is -3.02. The fourth-order valence-electron chi connectivity index (χ4n) is 3.12. The molecule has 0 spiro atoms. The zero-order valence-electron chi connectivity index (χ0n) is 15.6. The maximum absolute atomic E-state index is 13.0. The summed E-state index contributed by atoms with van der Waals surface area (Å²) in [6, 6.07) is 8.27. The Balaban J connectivity index is 2.29. The van der Waals surface area contributed by atoms with Gasteiger partial charge in [0.05, 0.1) is 21.1 Å². The van der Waals surface area contributed by atoms with Gasteiger partial charge in [0.2, 0.25) is 0 Å². The van der Waals surface area contributed by atoms with Crippen LogP contribution >= 0.6 is 23.2 Å². The summed E-state index contributed by atoms with van der Waals surface area (Å²) in [6.07, 6.45) is 7.18. The Morgan fingerprint density at radius 1 is 1.21 bits per heavy atom. The lowest BCUT2D eigenvalue weighted by molar-refractivity contribution is -0.137. The quantitative estimate of drug-likeness (QED) is 0.395. The molecule has 0 fully saturated rings. The molecule has 0 amide bonds. The van der Waals surface area contributed by atoms with Crippen molar-refractivity contribution in [2.24, 2.45) is 0 Å². The van der Waals surface area contributed by atoms with E-state index in [-0.39, 0.29) is 22.0 Å². The average molecular weight is 429 g/mol. The molecular formula is C22H18Cl2N2O3. The number of carbonyl (C=O) groups is 1. The van der Waals surface area contributed by atoms with E-state index >= 15 is 0 Å². The molecule has 2 N–H and O–H groups in total. The SMILES string of the molecule is C=C/C=C\C=C(/C)Nc1ccc2c(=O)c3ccc(Cl)c(Cl)c3n(CC(=O)O)c2c1. The number of carboxylic acids is 1. The number of hydrogen-bond acceptors (Lipinski definition) is 3. The molecule has 3 rings (SSSR count). The van der Waals surface area contributed by atoms with Gasteiger partial charge in [0.25, 0.3) is 0 Å². The maximum atomic E-state index is 13.0. The minimum atomic E-state index is -1.06. The topological polar surface area (TPSA) is 71.3 Å². The van der Waals surface area contributed by atoms with E-state index in [9.17, 15) is 14.7 Å². The second kappa shape index (κ2) is 8.55. The third kappa shape index (κ3) is 4.21. The van der Waals surface area contributed by atoms with Gasteiger partial charge in [-0.05, 0) is 43.3 Å². The highest BCUT2D eigenvalue weighted by Gasteiger charge is 2.17. The minimum Gasteiger partial charge on any atom is -0.480 e. The predicted octanol–water partition coefficient (Wildman–Crippen LogP) is 5.60. The van der Waals surface area contributed by atoms with Gasteiger partial charge in [-0.25, -0.2) is 0 Å². The normalized spacial score (nSPS) is 12.0. The highest BCUT2D eigenvalue weighted by molar-refractivity contribution is 6.45. The van der Waals surface area contributed by atoms with Gasteiger partial charge in [0.1, 0.15) is 6.54 Å². The number of nitrogens with zero attached hydrogens (tertiary/aromatic N) is 1. The van der Waals surface area contributed by atoms with Crippen molar-refractivity contribution in [3.05, 3.63) is 87.2 Å². The highest BCUT2D eigenvalue weighted by atomic mass is 35.5. The van der Waals surface area contributed by atoms with Gasteiger partial charge in [-0.1, -0.05) is 48.0 Å². The van der Waals surface area contributed by atoms with Crippen LogP contribution in [0.5, 0.6) is 0 Å². The minimum absolute atomic E-state index is 0.147. The molecule has 0 aliphatic heterocycles. The smallest absolute Gasteiger partial charge is 0.323 e. The zero-order chi connectivity index (χ0) is 21.1. The lowest BCUT2D eigenvalue weighted by atomic mass is 10.1. The van der Waals surface area contributed by atoms with Crippen molar-refractivity contribution in [2.75, 3.05) is 5.32 Å². The van der Waals surface area contributed by atoms with Crippen LogP contribution in [0.4, 0.5) is 5.69 Å². The monoisotopic (exact) mass is 428 g/mol. The van der Waals surface area contributed by atoms with Crippen molar-refractivity contribution in [1.82, 2.24) is 4.57 Å². The van der Waals surface area contributed by atoms with E-state index in [1.54, 1.807) is 36.4 Å². The summed E-state index contributed by atoms with van der Waals surface area (Å²) < 4.78 is 1.50.